The van der Waals surface area contributed by atoms with Crippen LogP contribution in [0.25, 0.3) is 10.6 Å². The Balaban J connectivity index is 1.42. The van der Waals surface area contributed by atoms with Crippen LogP contribution in [0, 0.1) is 64.6 Å². The van der Waals surface area contributed by atoms with E-state index in [1.807, 2.05) is 24.3 Å². The van der Waals surface area contributed by atoms with Crippen molar-refractivity contribution in [2.45, 2.75) is 64.7 Å². The van der Waals surface area contributed by atoms with Crippen molar-refractivity contribution in [2.24, 2.45) is 53.3 Å². The molecule has 55 heavy (non-hydrogen) atoms. The summed E-state index contributed by atoms with van der Waals surface area (Å²) < 4.78 is 10.3. The number of carboxylic acid groups (broad SMARTS) is 1. The molecule has 0 aliphatic heterocycles. The van der Waals surface area contributed by atoms with Gasteiger partial charge in [0.25, 0.3) is 0 Å². The van der Waals surface area contributed by atoms with Gasteiger partial charge in [0.2, 0.25) is 11.8 Å². The molecule has 4 heterocycles. The lowest BCUT2D eigenvalue weighted by Gasteiger charge is -2.43. The zero-order chi connectivity index (χ0) is 39.1. The van der Waals surface area contributed by atoms with Crippen molar-refractivity contribution >= 4 is 68.0 Å². The highest BCUT2D eigenvalue weighted by molar-refractivity contribution is 7.14. The van der Waals surface area contributed by atoms with Gasteiger partial charge in [-0.05, 0) is 102 Å². The molecule has 12 nitrogen and oxygen atoms in total. The molecular weight excluding hydrogens is 757 g/mol. The highest BCUT2D eigenvalue weighted by Crippen LogP contribution is 2.66. The van der Waals surface area contributed by atoms with Gasteiger partial charge in [-0.2, -0.15) is 9.64 Å². The van der Waals surface area contributed by atoms with Gasteiger partial charge in [0.05, 0.1) is 41.4 Å². The van der Waals surface area contributed by atoms with Crippen LogP contribution in [0.3, 0.4) is 0 Å². The van der Waals surface area contributed by atoms with Crippen molar-refractivity contribution in [3.8, 4) is 16.6 Å². The van der Waals surface area contributed by atoms with Crippen molar-refractivity contribution in [3.63, 3.8) is 0 Å². The number of thiophene rings is 1. The van der Waals surface area contributed by atoms with Gasteiger partial charge in [-0.25, -0.2) is 4.98 Å². The van der Waals surface area contributed by atoms with E-state index in [9.17, 15) is 29.5 Å². The molecule has 3 aliphatic carbocycles. The number of aromatic nitrogens is 3. The Kier molecular flexibility index (Phi) is 11.2. The lowest BCUT2D eigenvalue weighted by molar-refractivity contribution is -0.143. The largest absolute Gasteiger partial charge is 0.481 e. The molecule has 4 aromatic heterocycles. The topological polar surface area (TPSA) is 184 Å². The van der Waals surface area contributed by atoms with Gasteiger partial charge < -0.3 is 20.5 Å². The van der Waals surface area contributed by atoms with E-state index in [1.165, 1.54) is 43.8 Å². The average molecular weight is 801 g/mol. The van der Waals surface area contributed by atoms with E-state index < -0.39 is 11.9 Å². The molecule has 15 heteroatoms. The van der Waals surface area contributed by atoms with Crippen LogP contribution >= 0.6 is 34.2 Å². The number of hydrogen-bond acceptors (Lipinski definition) is 12. The zero-order valence-electron chi connectivity index (χ0n) is 31.2. The first-order valence-corrected chi connectivity index (χ1v) is 21.1. The molecule has 0 spiro atoms. The predicted molar refractivity (Wildman–Crippen MR) is 210 cm³/mol. The molecule has 0 radical (unpaired) electrons. The lowest BCUT2D eigenvalue weighted by atomic mass is 9.61. The molecular formula is C40H44N6O6S3. The molecule has 4 aromatic rings. The number of hydrogen-bond donors (Lipinski definition) is 3. The second-order valence-electron chi connectivity index (χ2n) is 15.4. The molecule has 3 aliphatic rings. The van der Waals surface area contributed by atoms with E-state index in [4.69, 9.17) is 14.1 Å². The number of nitrogens with zero attached hydrogens (tertiary/aromatic N) is 4. The van der Waals surface area contributed by atoms with Crippen LogP contribution < -0.4 is 10.6 Å². The summed E-state index contributed by atoms with van der Waals surface area (Å²) in [4.78, 5) is 59.3. The number of carbonyl (C=O) groups is 4. The number of nitrogens with one attached hydrogen (secondary N) is 2. The number of nitriles is 1. The Bertz CT molecular complexity index is 2110. The zero-order valence-corrected chi connectivity index (χ0v) is 33.6. The minimum absolute atomic E-state index is 0.0414. The highest BCUT2D eigenvalue weighted by atomic mass is 32.1. The van der Waals surface area contributed by atoms with E-state index in [1.54, 1.807) is 23.7 Å². The number of esters is 1. The molecule has 3 N–H and O–H groups in total. The lowest BCUT2D eigenvalue weighted by Crippen LogP contribution is -2.37. The van der Waals surface area contributed by atoms with Crippen LogP contribution in [-0.2, 0) is 23.9 Å². The fraction of sp³-hybridized carbons (Fsp3) is 0.500. The van der Waals surface area contributed by atoms with Crippen molar-refractivity contribution in [1.29, 1.82) is 5.26 Å². The first-order valence-electron chi connectivity index (χ1n) is 18.6. The number of carboxylic acids is 1. The van der Waals surface area contributed by atoms with Crippen LogP contribution in [0.4, 0.5) is 10.0 Å². The SMILES string of the molecule is COC(=O)C1CC1[C@@H]([C@@H](C1CC1C#N)[C@@H](c1cc(NC(C)=O)sn1)[C@@H](c1csc(NC(C)=O)c1)[C@H](C)c1csc(-c2ccncc2)n1)[C@@H](C)C1CC1C(=O)O. The standard InChI is InChI=1S/C40H44N6O6S3/c1-18(25-12-28(25)39(49)50)35(27-13-29(27)40(51)52-5)36(26-10-23(26)15-41)37(30-14-33(55-46-30)44-21(4)48)34(24-11-32(53-16-24)43-20(3)47)19(2)31-17-54-38(45-31)22-6-8-42-9-7-22/h6-9,11,14,16-19,23,25-29,34-37H,10,12-13H2,1-5H3,(H,43,47)(H,44,48)(H,49,50)/t18-,19+,23?,25?,26?,27?,28?,29?,34+,35-,36+,37-/m0/s1. The van der Waals surface area contributed by atoms with E-state index in [0.717, 1.165) is 27.5 Å². The van der Waals surface area contributed by atoms with Crippen molar-refractivity contribution < 1.29 is 29.0 Å². The minimum atomic E-state index is -0.811. The number of methoxy groups -OCH3 is 1. The highest BCUT2D eigenvalue weighted by Gasteiger charge is 2.62. The van der Waals surface area contributed by atoms with Gasteiger partial charge in [0, 0.05) is 60.9 Å². The van der Waals surface area contributed by atoms with Crippen molar-refractivity contribution in [1.82, 2.24) is 14.3 Å². The van der Waals surface area contributed by atoms with Crippen molar-refractivity contribution in [3.05, 3.63) is 64.4 Å². The monoisotopic (exact) mass is 800 g/mol. The third-order valence-corrected chi connectivity index (χ3v) is 14.4. The van der Waals surface area contributed by atoms with E-state index in [-0.39, 0.29) is 82.9 Å². The number of carbonyl (C=O) groups excluding carboxylic acids is 3. The van der Waals surface area contributed by atoms with Gasteiger partial charge >= 0.3 is 11.9 Å². The Morgan fingerprint density at radius 2 is 1.60 bits per heavy atom. The first kappa shape index (κ1) is 38.7. The number of anilines is 2. The number of thiazole rings is 1. The quantitative estimate of drug-likeness (QED) is 0.0943. The Morgan fingerprint density at radius 3 is 2.24 bits per heavy atom. The normalized spacial score (nSPS) is 25.6. The Morgan fingerprint density at radius 1 is 0.891 bits per heavy atom. The van der Waals surface area contributed by atoms with E-state index >= 15 is 0 Å². The maximum Gasteiger partial charge on any atom is 0.308 e. The van der Waals surface area contributed by atoms with Gasteiger partial charge in [-0.1, -0.05) is 13.8 Å². The third-order valence-electron chi connectivity index (χ3n) is 12.0. The van der Waals surface area contributed by atoms with Crippen LogP contribution in [-0.4, -0.2) is 50.3 Å². The van der Waals surface area contributed by atoms with E-state index in [0.29, 0.717) is 29.3 Å². The Hall–Kier alpha value is -4.52. The summed E-state index contributed by atoms with van der Waals surface area (Å²) >= 11 is 4.19. The van der Waals surface area contributed by atoms with Crippen LogP contribution in [0.1, 0.15) is 81.7 Å². The summed E-state index contributed by atoms with van der Waals surface area (Å²) in [7, 11) is 1.40. The molecule has 3 saturated carbocycles. The van der Waals surface area contributed by atoms with Crippen LogP contribution in [0.15, 0.2) is 47.4 Å². The predicted octanol–water partition coefficient (Wildman–Crippen LogP) is 7.87. The van der Waals surface area contributed by atoms with Gasteiger partial charge in [-0.3, -0.25) is 24.2 Å². The molecule has 0 saturated heterocycles. The number of amides is 2. The Labute approximate surface area is 331 Å². The number of ether oxygens (including phenoxy) is 1. The third kappa shape index (κ3) is 8.22. The summed E-state index contributed by atoms with van der Waals surface area (Å²) in [5, 5.41) is 32.6. The molecule has 3 fully saturated rings. The summed E-state index contributed by atoms with van der Waals surface area (Å²) in [6.07, 6.45) is 5.35. The van der Waals surface area contributed by atoms with Gasteiger partial charge in [-0.15, -0.1) is 22.7 Å². The van der Waals surface area contributed by atoms with Crippen LogP contribution in [0.5, 0.6) is 0 Å². The molecule has 0 bridgehead atoms. The van der Waals surface area contributed by atoms with Crippen LogP contribution in [0.2, 0.25) is 0 Å². The number of pyridine rings is 1. The maximum atomic E-state index is 13.1. The maximum absolute atomic E-state index is 13.1. The first-order chi connectivity index (χ1) is 26.4. The minimum Gasteiger partial charge on any atom is -0.481 e. The summed E-state index contributed by atoms with van der Waals surface area (Å²) in [5.74, 6) is -3.92. The molecule has 2 amide bonds. The second-order valence-corrected chi connectivity index (χ2v) is 18.0. The van der Waals surface area contributed by atoms with Gasteiger partial charge in [0.15, 0.2) is 0 Å². The molecule has 6 unspecified atom stereocenters. The summed E-state index contributed by atoms with van der Waals surface area (Å²) in [6.45, 7) is 7.21. The fourth-order valence-electron chi connectivity index (χ4n) is 9.21. The second kappa shape index (κ2) is 15.9. The molecule has 7 rings (SSSR count). The van der Waals surface area contributed by atoms with Crippen molar-refractivity contribution in [2.75, 3.05) is 17.7 Å². The number of aliphatic carboxylic acids is 1. The molecule has 288 valence electrons. The summed E-state index contributed by atoms with van der Waals surface area (Å²) in [5.41, 5.74) is 3.56. The molecule has 12 atom stereocenters. The van der Waals surface area contributed by atoms with E-state index in [2.05, 4.69) is 46.3 Å². The smallest absolute Gasteiger partial charge is 0.308 e. The number of rotatable bonds is 16. The van der Waals surface area contributed by atoms with Gasteiger partial charge in [0.1, 0.15) is 10.0 Å². The molecule has 0 aromatic carbocycles. The summed E-state index contributed by atoms with van der Waals surface area (Å²) in [6, 6.07) is 10.3. The average Bonchev–Trinajstić information content (AvgIpc) is 4.11. The fourth-order valence-corrected chi connectivity index (χ4v) is 11.8.